The topological polar surface area (TPSA) is 58.6 Å². The van der Waals surface area contributed by atoms with Crippen molar-refractivity contribution in [3.05, 3.63) is 41.7 Å². The van der Waals surface area contributed by atoms with E-state index in [-0.39, 0.29) is 18.2 Å². The molecular weight excluding hydrogens is 275 g/mol. The molecule has 0 atom stereocenters. The summed E-state index contributed by atoms with van der Waals surface area (Å²) < 4.78 is 18.8. The van der Waals surface area contributed by atoms with Gasteiger partial charge >= 0.3 is 12.0 Å². The van der Waals surface area contributed by atoms with Crippen LogP contribution in [0.1, 0.15) is 23.7 Å². The van der Waals surface area contributed by atoms with Crippen LogP contribution in [0, 0.1) is 5.82 Å². The number of rotatable bonds is 5. The largest absolute Gasteiger partial charge is 0.462 e. The summed E-state index contributed by atoms with van der Waals surface area (Å²) in [5.74, 6) is -1.41. The lowest BCUT2D eigenvalue weighted by Crippen LogP contribution is -2.28. The van der Waals surface area contributed by atoms with E-state index in [1.54, 1.807) is 0 Å². The third-order valence-corrected chi connectivity index (χ3v) is 3.10. The molecule has 1 aliphatic heterocycles. The molecule has 0 saturated carbocycles. The number of esters is 1. The first kappa shape index (κ1) is 15.0. The molecule has 1 N–H and O–H groups in total. The molecule has 0 aromatic heterocycles. The van der Waals surface area contributed by atoms with Crippen molar-refractivity contribution in [1.82, 2.24) is 5.32 Å². The number of carbonyl (C=O) groups is 2. The number of halogens is 1. The second kappa shape index (κ2) is 6.39. The predicted octanol–water partition coefficient (Wildman–Crippen LogP) is 2.48. The molecule has 1 aromatic rings. The fraction of sp³-hybridized carbons (Fsp3) is 0.333. The summed E-state index contributed by atoms with van der Waals surface area (Å²) in [7, 11) is 0. The Kier molecular flexibility index (Phi) is 4.57. The second-order valence-electron chi connectivity index (χ2n) is 4.89. The standard InChI is InChI=1S/C15H17FN2O3/c1-10(2)5-8-21-14(19)12-9-11(3-4-13(12)16)18-7-6-17-15(18)20/h3-4,9H,1,5-8H2,2H3,(H,17,20). The van der Waals surface area contributed by atoms with E-state index in [9.17, 15) is 14.0 Å². The van der Waals surface area contributed by atoms with Gasteiger partial charge in [-0.1, -0.05) is 5.57 Å². The summed E-state index contributed by atoms with van der Waals surface area (Å²) in [6, 6.07) is 3.70. The molecule has 5 nitrogen and oxygen atoms in total. The van der Waals surface area contributed by atoms with E-state index in [0.717, 1.165) is 11.6 Å². The van der Waals surface area contributed by atoms with Gasteiger partial charge in [-0.15, -0.1) is 6.58 Å². The van der Waals surface area contributed by atoms with E-state index in [0.29, 0.717) is 25.2 Å². The molecule has 1 aromatic carbocycles. The van der Waals surface area contributed by atoms with Gasteiger partial charge in [0.15, 0.2) is 0 Å². The average molecular weight is 292 g/mol. The zero-order valence-electron chi connectivity index (χ0n) is 11.8. The first-order valence-electron chi connectivity index (χ1n) is 6.65. The first-order chi connectivity index (χ1) is 9.99. The van der Waals surface area contributed by atoms with Gasteiger partial charge in [-0.25, -0.2) is 14.0 Å². The molecule has 0 spiro atoms. The zero-order valence-corrected chi connectivity index (χ0v) is 11.8. The Hall–Kier alpha value is -2.37. The van der Waals surface area contributed by atoms with Crippen molar-refractivity contribution in [3.63, 3.8) is 0 Å². The third kappa shape index (κ3) is 3.59. The minimum absolute atomic E-state index is 0.155. The molecule has 6 heteroatoms. The lowest BCUT2D eigenvalue weighted by Gasteiger charge is -2.15. The third-order valence-electron chi connectivity index (χ3n) is 3.10. The van der Waals surface area contributed by atoms with Crippen LogP contribution in [-0.2, 0) is 4.74 Å². The molecule has 112 valence electrons. The van der Waals surface area contributed by atoms with E-state index in [4.69, 9.17) is 4.74 Å². The molecular formula is C15H17FN2O3. The van der Waals surface area contributed by atoms with Crippen molar-refractivity contribution in [1.29, 1.82) is 0 Å². The number of carbonyl (C=O) groups excluding carboxylic acids is 2. The monoisotopic (exact) mass is 292 g/mol. The highest BCUT2D eigenvalue weighted by Crippen LogP contribution is 2.21. The Balaban J connectivity index is 2.13. The van der Waals surface area contributed by atoms with Crippen LogP contribution in [0.5, 0.6) is 0 Å². The maximum atomic E-state index is 13.8. The highest BCUT2D eigenvalue weighted by molar-refractivity contribution is 5.96. The fourth-order valence-corrected chi connectivity index (χ4v) is 1.95. The Labute approximate surface area is 122 Å². The highest BCUT2D eigenvalue weighted by Gasteiger charge is 2.23. The van der Waals surface area contributed by atoms with Gasteiger partial charge in [-0.2, -0.15) is 0 Å². The first-order valence-corrected chi connectivity index (χ1v) is 6.65. The lowest BCUT2D eigenvalue weighted by molar-refractivity contribution is 0.0504. The van der Waals surface area contributed by atoms with Gasteiger partial charge in [-0.3, -0.25) is 4.90 Å². The number of urea groups is 1. The quantitative estimate of drug-likeness (QED) is 0.670. The predicted molar refractivity (Wildman–Crippen MR) is 76.9 cm³/mol. The van der Waals surface area contributed by atoms with Gasteiger partial charge in [0.25, 0.3) is 0 Å². The van der Waals surface area contributed by atoms with Crippen LogP contribution in [0.15, 0.2) is 30.4 Å². The number of hydrogen-bond acceptors (Lipinski definition) is 3. The minimum atomic E-state index is -0.741. The van der Waals surface area contributed by atoms with E-state index >= 15 is 0 Å². The molecule has 21 heavy (non-hydrogen) atoms. The van der Waals surface area contributed by atoms with Gasteiger partial charge in [0, 0.05) is 25.2 Å². The van der Waals surface area contributed by atoms with Crippen molar-refractivity contribution in [2.75, 3.05) is 24.6 Å². The van der Waals surface area contributed by atoms with Crippen LogP contribution in [0.25, 0.3) is 0 Å². The number of ether oxygens (including phenoxy) is 1. The Morgan fingerprint density at radius 1 is 1.52 bits per heavy atom. The van der Waals surface area contributed by atoms with Crippen LogP contribution in [-0.4, -0.2) is 31.7 Å². The van der Waals surface area contributed by atoms with E-state index in [2.05, 4.69) is 11.9 Å². The molecule has 1 saturated heterocycles. The molecule has 2 rings (SSSR count). The molecule has 0 radical (unpaired) electrons. The number of anilines is 1. The maximum absolute atomic E-state index is 13.8. The van der Waals surface area contributed by atoms with Crippen molar-refractivity contribution in [2.45, 2.75) is 13.3 Å². The number of hydrogen-bond donors (Lipinski definition) is 1. The fourth-order valence-electron chi connectivity index (χ4n) is 1.95. The molecule has 1 aliphatic rings. The summed E-state index contributed by atoms with van der Waals surface area (Å²) in [5.41, 5.74) is 1.18. The number of amides is 2. The average Bonchev–Trinajstić information content (AvgIpc) is 2.85. The maximum Gasteiger partial charge on any atom is 0.341 e. The number of benzene rings is 1. The van der Waals surface area contributed by atoms with Gasteiger partial charge < -0.3 is 10.1 Å². The summed E-state index contributed by atoms with van der Waals surface area (Å²) in [4.78, 5) is 24.9. The Morgan fingerprint density at radius 2 is 2.29 bits per heavy atom. The summed E-state index contributed by atoms with van der Waals surface area (Å²) in [6.07, 6.45) is 0.529. The Bertz CT molecular complexity index is 586. The zero-order chi connectivity index (χ0) is 15.4. The number of nitrogens with one attached hydrogen (secondary N) is 1. The van der Waals surface area contributed by atoms with Gasteiger partial charge in [0.05, 0.1) is 12.2 Å². The van der Waals surface area contributed by atoms with Crippen molar-refractivity contribution >= 4 is 17.7 Å². The Morgan fingerprint density at radius 3 is 2.90 bits per heavy atom. The van der Waals surface area contributed by atoms with Crippen molar-refractivity contribution in [3.8, 4) is 0 Å². The second-order valence-corrected chi connectivity index (χ2v) is 4.89. The molecule has 1 heterocycles. The van der Waals surface area contributed by atoms with Crippen LogP contribution in [0.2, 0.25) is 0 Å². The smallest absolute Gasteiger partial charge is 0.341 e. The normalized spacial score (nSPS) is 14.0. The molecule has 0 bridgehead atoms. The molecule has 1 fully saturated rings. The molecule has 2 amide bonds. The van der Waals surface area contributed by atoms with Gasteiger partial charge in [0.1, 0.15) is 5.82 Å². The molecule has 0 aliphatic carbocycles. The van der Waals surface area contributed by atoms with Crippen LogP contribution in [0.3, 0.4) is 0 Å². The van der Waals surface area contributed by atoms with Gasteiger partial charge in [0.2, 0.25) is 0 Å². The number of nitrogens with zero attached hydrogens (tertiary/aromatic N) is 1. The van der Waals surface area contributed by atoms with Crippen LogP contribution < -0.4 is 10.2 Å². The summed E-state index contributed by atoms with van der Waals surface area (Å²) in [6.45, 7) is 6.68. The van der Waals surface area contributed by atoms with Gasteiger partial charge in [-0.05, 0) is 25.1 Å². The molecule has 0 unspecified atom stereocenters. The SMILES string of the molecule is C=C(C)CCOC(=O)c1cc(N2CCNC2=O)ccc1F. The van der Waals surface area contributed by atoms with Crippen LogP contribution in [0.4, 0.5) is 14.9 Å². The highest BCUT2D eigenvalue weighted by atomic mass is 19.1. The van der Waals surface area contributed by atoms with E-state index in [1.807, 2.05) is 6.92 Å². The summed E-state index contributed by atoms with van der Waals surface area (Å²) >= 11 is 0. The van der Waals surface area contributed by atoms with Crippen molar-refractivity contribution in [2.24, 2.45) is 0 Å². The minimum Gasteiger partial charge on any atom is -0.462 e. The van der Waals surface area contributed by atoms with Crippen LogP contribution >= 0.6 is 0 Å². The lowest BCUT2D eigenvalue weighted by atomic mass is 10.1. The van der Waals surface area contributed by atoms with E-state index in [1.165, 1.54) is 17.0 Å². The van der Waals surface area contributed by atoms with E-state index < -0.39 is 11.8 Å². The summed E-state index contributed by atoms with van der Waals surface area (Å²) in [5, 5.41) is 2.65. The van der Waals surface area contributed by atoms with Crippen molar-refractivity contribution < 1.29 is 18.7 Å².